The number of phenolic OH excluding ortho intramolecular Hbond substituents is 2. The van der Waals surface area contributed by atoms with Gasteiger partial charge in [0.05, 0.1) is 33.4 Å². The minimum Gasteiger partial charge on any atom is -0.505 e. The zero-order valence-corrected chi connectivity index (χ0v) is 35.2. The molecule has 10 aromatic rings. The molecule has 8 aromatic carbocycles. The van der Waals surface area contributed by atoms with E-state index in [-0.39, 0.29) is 11.5 Å². The minimum absolute atomic E-state index is 0.289. The van der Waals surface area contributed by atoms with Gasteiger partial charge in [-0.05, 0) is 121 Å². The van der Waals surface area contributed by atoms with Crippen molar-refractivity contribution in [3.8, 4) is 45.1 Å². The van der Waals surface area contributed by atoms with Gasteiger partial charge in [0.2, 0.25) is 0 Å². The number of nitrogens with zero attached hydrogens (tertiary/aromatic N) is 2. The standard InChI is InChI=1S/C54H44N2O2S2/c1-35-31-43(53(57)49(33-35)55-45-23-9-3-17-37(45)38-18-4-10-24-46(38)55)41-21-7-13-27-51(41)59-29-15-16-30-60-52-28-14-8-22-42(52)44-32-36(2)34-50(54(44)58)56-47-25-11-5-19-39(47)40-20-6-12-26-48(40)56/h3-14,17-28,31-34,57-58H,15-16,29-30H2,1-2H3. The summed E-state index contributed by atoms with van der Waals surface area (Å²) < 4.78 is 4.40. The lowest BCUT2D eigenvalue weighted by Gasteiger charge is -2.17. The molecule has 60 heavy (non-hydrogen) atoms. The molecular formula is C54H44N2O2S2. The van der Waals surface area contributed by atoms with Gasteiger partial charge in [-0.2, -0.15) is 0 Å². The Morgan fingerprint density at radius 2 is 0.700 bits per heavy atom. The van der Waals surface area contributed by atoms with Gasteiger partial charge in [0.15, 0.2) is 0 Å². The van der Waals surface area contributed by atoms with E-state index in [1.807, 2.05) is 23.5 Å². The molecule has 0 saturated heterocycles. The van der Waals surface area contributed by atoms with E-state index in [4.69, 9.17) is 0 Å². The van der Waals surface area contributed by atoms with Crippen molar-refractivity contribution < 1.29 is 10.2 Å². The normalized spacial score (nSPS) is 11.7. The number of aromatic nitrogens is 2. The molecular weight excluding hydrogens is 773 g/mol. The average Bonchev–Trinajstić information content (AvgIpc) is 3.79. The Balaban J connectivity index is 0.866. The highest BCUT2D eigenvalue weighted by atomic mass is 32.2. The van der Waals surface area contributed by atoms with E-state index in [0.717, 1.165) is 91.2 Å². The second-order valence-corrected chi connectivity index (χ2v) is 17.8. The van der Waals surface area contributed by atoms with E-state index >= 15 is 0 Å². The highest BCUT2D eigenvalue weighted by Crippen LogP contribution is 2.45. The van der Waals surface area contributed by atoms with Crippen molar-refractivity contribution in [2.24, 2.45) is 0 Å². The molecule has 0 aliphatic carbocycles. The Hall–Kier alpha value is -6.34. The maximum atomic E-state index is 12.1. The fourth-order valence-corrected chi connectivity index (χ4v) is 11.0. The number of fused-ring (bicyclic) bond motifs is 6. The van der Waals surface area contributed by atoms with Crippen LogP contribution in [0.15, 0.2) is 180 Å². The lowest BCUT2D eigenvalue weighted by molar-refractivity contribution is 0.474. The maximum absolute atomic E-state index is 12.1. The van der Waals surface area contributed by atoms with Gasteiger partial charge in [-0.15, -0.1) is 23.5 Å². The predicted octanol–water partition coefficient (Wildman–Crippen LogP) is 14.9. The number of aromatic hydroxyl groups is 2. The van der Waals surface area contributed by atoms with Crippen molar-refractivity contribution in [1.29, 1.82) is 0 Å². The van der Waals surface area contributed by atoms with Crippen molar-refractivity contribution in [2.45, 2.75) is 36.5 Å². The van der Waals surface area contributed by atoms with E-state index in [1.165, 1.54) is 31.3 Å². The molecule has 10 rings (SSSR count). The third-order valence-corrected chi connectivity index (χ3v) is 13.8. The molecule has 0 fully saturated rings. The molecule has 2 aromatic heterocycles. The van der Waals surface area contributed by atoms with Crippen LogP contribution in [0.3, 0.4) is 0 Å². The van der Waals surface area contributed by atoms with Crippen LogP contribution in [0.5, 0.6) is 11.5 Å². The van der Waals surface area contributed by atoms with Crippen LogP contribution in [0, 0.1) is 13.8 Å². The number of benzene rings is 8. The number of phenols is 2. The predicted molar refractivity (Wildman–Crippen MR) is 256 cm³/mol. The Labute approximate surface area is 358 Å². The molecule has 4 nitrogen and oxygen atoms in total. The highest BCUT2D eigenvalue weighted by molar-refractivity contribution is 7.99. The Bertz CT molecular complexity index is 2910. The van der Waals surface area contributed by atoms with Gasteiger partial charge in [-0.1, -0.05) is 109 Å². The first-order valence-electron chi connectivity index (χ1n) is 20.5. The largest absolute Gasteiger partial charge is 0.505 e. The van der Waals surface area contributed by atoms with Crippen molar-refractivity contribution >= 4 is 67.1 Å². The number of thioether (sulfide) groups is 2. The first kappa shape index (κ1) is 37.9. The summed E-state index contributed by atoms with van der Waals surface area (Å²) >= 11 is 3.71. The van der Waals surface area contributed by atoms with Gasteiger partial charge in [0.1, 0.15) is 11.5 Å². The lowest BCUT2D eigenvalue weighted by Crippen LogP contribution is -1.97. The monoisotopic (exact) mass is 816 g/mol. The summed E-state index contributed by atoms with van der Waals surface area (Å²) in [5.74, 6) is 2.51. The van der Waals surface area contributed by atoms with Crippen LogP contribution < -0.4 is 0 Å². The first-order chi connectivity index (χ1) is 29.5. The van der Waals surface area contributed by atoms with E-state index in [9.17, 15) is 10.2 Å². The minimum atomic E-state index is 0.289. The van der Waals surface area contributed by atoms with Crippen LogP contribution in [0.2, 0.25) is 0 Å². The Morgan fingerprint density at radius 1 is 0.383 bits per heavy atom. The molecule has 0 atom stereocenters. The van der Waals surface area contributed by atoms with Crippen LogP contribution >= 0.6 is 23.5 Å². The summed E-state index contributed by atoms with van der Waals surface area (Å²) in [6.45, 7) is 4.22. The molecule has 294 valence electrons. The van der Waals surface area contributed by atoms with Crippen LogP contribution in [-0.2, 0) is 0 Å². The Morgan fingerprint density at radius 3 is 1.07 bits per heavy atom. The third kappa shape index (κ3) is 6.70. The fraction of sp³-hybridized carbons (Fsp3) is 0.111. The van der Waals surface area contributed by atoms with Gasteiger partial charge < -0.3 is 19.3 Å². The number of rotatable bonds is 11. The molecule has 0 saturated carbocycles. The highest BCUT2D eigenvalue weighted by Gasteiger charge is 2.21. The average molecular weight is 817 g/mol. The molecule has 0 aliphatic rings. The van der Waals surface area contributed by atoms with Gasteiger partial charge in [0.25, 0.3) is 0 Å². The smallest absolute Gasteiger partial charge is 0.147 e. The number of unbranched alkanes of at least 4 members (excludes halogenated alkanes) is 1. The van der Waals surface area contributed by atoms with Gasteiger partial charge in [0, 0.05) is 42.5 Å². The molecule has 0 amide bonds. The molecule has 0 spiro atoms. The van der Waals surface area contributed by atoms with Crippen LogP contribution in [-0.4, -0.2) is 30.9 Å². The van der Waals surface area contributed by atoms with Crippen molar-refractivity contribution in [3.63, 3.8) is 0 Å². The van der Waals surface area contributed by atoms with Gasteiger partial charge in [-0.25, -0.2) is 0 Å². The summed E-state index contributed by atoms with van der Waals surface area (Å²) in [5.41, 5.74) is 11.9. The number of para-hydroxylation sites is 4. The summed E-state index contributed by atoms with van der Waals surface area (Å²) in [7, 11) is 0. The molecule has 2 N–H and O–H groups in total. The third-order valence-electron chi connectivity index (χ3n) is 11.5. The van der Waals surface area contributed by atoms with Crippen molar-refractivity contribution in [1.82, 2.24) is 9.13 Å². The summed E-state index contributed by atoms with van der Waals surface area (Å²) in [5, 5.41) is 28.8. The van der Waals surface area contributed by atoms with Crippen molar-refractivity contribution in [2.75, 3.05) is 11.5 Å². The van der Waals surface area contributed by atoms with E-state index < -0.39 is 0 Å². The SMILES string of the molecule is Cc1cc(-c2ccccc2SCCCCSc2ccccc2-c2cc(C)cc(-n3c4ccccc4c4ccccc43)c2O)c(O)c(-n2c3ccccc3c3ccccc32)c1. The second kappa shape index (κ2) is 16.0. The molecule has 0 bridgehead atoms. The van der Waals surface area contributed by atoms with Gasteiger partial charge in [-0.3, -0.25) is 0 Å². The number of aryl methyl sites for hydroxylation is 2. The summed E-state index contributed by atoms with van der Waals surface area (Å²) in [6.07, 6.45) is 2.10. The quantitative estimate of drug-likeness (QED) is 0.101. The van der Waals surface area contributed by atoms with E-state index in [0.29, 0.717) is 0 Å². The molecule has 2 heterocycles. The Kier molecular flexibility index (Phi) is 10.1. The van der Waals surface area contributed by atoms with E-state index in [2.05, 4.69) is 193 Å². The zero-order valence-electron chi connectivity index (χ0n) is 33.6. The topological polar surface area (TPSA) is 50.3 Å². The van der Waals surface area contributed by atoms with Crippen LogP contribution in [0.4, 0.5) is 0 Å². The zero-order chi connectivity index (χ0) is 40.7. The van der Waals surface area contributed by atoms with E-state index in [1.54, 1.807) is 0 Å². The fourth-order valence-electron chi connectivity index (χ4n) is 8.83. The second-order valence-electron chi connectivity index (χ2n) is 15.5. The van der Waals surface area contributed by atoms with Crippen molar-refractivity contribution in [3.05, 3.63) is 181 Å². The van der Waals surface area contributed by atoms with Gasteiger partial charge >= 0.3 is 0 Å². The lowest BCUT2D eigenvalue weighted by atomic mass is 10.0. The first-order valence-corrected chi connectivity index (χ1v) is 22.5. The molecule has 0 radical (unpaired) electrons. The molecule has 0 aliphatic heterocycles. The summed E-state index contributed by atoms with van der Waals surface area (Å²) in [4.78, 5) is 2.33. The van der Waals surface area contributed by atoms with Crippen LogP contribution in [0.25, 0.3) is 77.2 Å². The van der Waals surface area contributed by atoms with Crippen LogP contribution in [0.1, 0.15) is 24.0 Å². The number of hydrogen-bond donors (Lipinski definition) is 2. The molecule has 0 unspecified atom stereocenters. The number of hydrogen-bond acceptors (Lipinski definition) is 4. The molecule has 6 heteroatoms. The maximum Gasteiger partial charge on any atom is 0.147 e. The summed E-state index contributed by atoms with van der Waals surface area (Å²) in [6, 6.07) is 59.0.